The summed E-state index contributed by atoms with van der Waals surface area (Å²) in [5, 5.41) is 3.08. The van der Waals surface area contributed by atoms with Crippen molar-refractivity contribution >= 4 is 44.9 Å². The molecule has 1 aromatic heterocycles. The molecule has 0 aliphatic heterocycles. The van der Waals surface area contributed by atoms with E-state index in [9.17, 15) is 4.79 Å². The second-order valence-corrected chi connectivity index (χ2v) is 4.84. The van der Waals surface area contributed by atoms with Crippen molar-refractivity contribution in [2.75, 3.05) is 10.7 Å². The molecule has 0 bridgehead atoms. The van der Waals surface area contributed by atoms with E-state index < -0.39 is 5.91 Å². The second-order valence-electron chi connectivity index (χ2n) is 3.51. The number of hydrogen-bond acceptors (Lipinski definition) is 5. The highest BCUT2D eigenvalue weighted by molar-refractivity contribution is 9.10. The zero-order valence-electron chi connectivity index (χ0n) is 9.52. The number of rotatable bonds is 3. The van der Waals surface area contributed by atoms with Crippen LogP contribution in [-0.2, 0) is 0 Å². The zero-order valence-corrected chi connectivity index (χ0v) is 11.9. The van der Waals surface area contributed by atoms with E-state index in [4.69, 9.17) is 17.4 Å². The van der Waals surface area contributed by atoms with Crippen molar-refractivity contribution < 1.29 is 4.79 Å². The maximum absolute atomic E-state index is 12.0. The first kappa shape index (κ1) is 13.7. The molecule has 0 fully saturated rings. The quantitative estimate of drug-likeness (QED) is 0.588. The monoisotopic (exact) mass is 341 g/mol. The zero-order chi connectivity index (χ0) is 13.8. The number of hydrazine groups is 1. The Labute approximate surface area is 122 Å². The largest absolute Gasteiger partial charge is 0.319 e. The van der Waals surface area contributed by atoms with Gasteiger partial charge in [-0.25, -0.2) is 10.8 Å². The Kier molecular flexibility index (Phi) is 4.31. The van der Waals surface area contributed by atoms with Crippen molar-refractivity contribution in [2.45, 2.75) is 0 Å². The maximum Gasteiger partial charge on any atom is 0.275 e. The minimum Gasteiger partial charge on any atom is -0.319 e. The van der Waals surface area contributed by atoms with Crippen LogP contribution in [0.1, 0.15) is 10.5 Å². The van der Waals surface area contributed by atoms with Crippen molar-refractivity contribution in [3.8, 4) is 0 Å². The molecule has 0 saturated heterocycles. The van der Waals surface area contributed by atoms with Crippen LogP contribution in [0.15, 0.2) is 35.1 Å². The van der Waals surface area contributed by atoms with E-state index in [0.29, 0.717) is 16.5 Å². The fourth-order valence-electron chi connectivity index (χ4n) is 1.32. The molecule has 0 spiro atoms. The van der Waals surface area contributed by atoms with E-state index in [2.05, 4.69) is 36.6 Å². The summed E-state index contributed by atoms with van der Waals surface area (Å²) in [4.78, 5) is 19.8. The molecule has 2 aromatic rings. The lowest BCUT2D eigenvalue weighted by molar-refractivity contribution is 0.102. The molecule has 1 heterocycles. The van der Waals surface area contributed by atoms with Gasteiger partial charge in [0.05, 0.1) is 23.1 Å². The Hall–Kier alpha value is -1.70. The topological polar surface area (TPSA) is 92.9 Å². The van der Waals surface area contributed by atoms with Gasteiger partial charge in [-0.2, -0.15) is 0 Å². The summed E-state index contributed by atoms with van der Waals surface area (Å²) < 4.78 is 0.802. The number of nitrogens with two attached hydrogens (primary N) is 1. The summed E-state index contributed by atoms with van der Waals surface area (Å²) in [6.45, 7) is 0. The molecule has 0 saturated carbocycles. The van der Waals surface area contributed by atoms with Gasteiger partial charge in [-0.3, -0.25) is 9.78 Å². The molecular formula is C11H9BrClN5O. The van der Waals surface area contributed by atoms with Crippen molar-refractivity contribution in [3.05, 3.63) is 45.8 Å². The predicted molar refractivity (Wildman–Crippen MR) is 76.9 cm³/mol. The van der Waals surface area contributed by atoms with E-state index in [0.717, 1.165) is 4.47 Å². The number of carbonyl (C=O) groups excluding carboxylic acids is 1. The Morgan fingerprint density at radius 2 is 2.16 bits per heavy atom. The average molecular weight is 343 g/mol. The van der Waals surface area contributed by atoms with Crippen molar-refractivity contribution in [2.24, 2.45) is 5.84 Å². The molecule has 6 nitrogen and oxygen atoms in total. The van der Waals surface area contributed by atoms with E-state index in [1.165, 1.54) is 12.4 Å². The molecule has 0 aliphatic carbocycles. The Bertz CT molecular complexity index is 622. The summed E-state index contributed by atoms with van der Waals surface area (Å²) in [5.74, 6) is 5.08. The summed E-state index contributed by atoms with van der Waals surface area (Å²) in [7, 11) is 0. The van der Waals surface area contributed by atoms with E-state index in [-0.39, 0.29) is 5.69 Å². The van der Waals surface area contributed by atoms with Crippen LogP contribution in [-0.4, -0.2) is 15.9 Å². The smallest absolute Gasteiger partial charge is 0.275 e. The minimum atomic E-state index is -0.426. The van der Waals surface area contributed by atoms with Crippen molar-refractivity contribution in [3.63, 3.8) is 0 Å². The molecule has 0 atom stereocenters. The lowest BCUT2D eigenvalue weighted by Crippen LogP contribution is -2.17. The first-order valence-electron chi connectivity index (χ1n) is 5.15. The number of hydrogen-bond donors (Lipinski definition) is 3. The third-order valence-electron chi connectivity index (χ3n) is 2.19. The Morgan fingerprint density at radius 3 is 2.89 bits per heavy atom. The lowest BCUT2D eigenvalue weighted by Gasteiger charge is -2.07. The van der Waals surface area contributed by atoms with Crippen LogP contribution in [0.25, 0.3) is 0 Å². The average Bonchev–Trinajstić information content (AvgIpc) is 2.43. The van der Waals surface area contributed by atoms with Crippen LogP contribution in [0.2, 0.25) is 5.02 Å². The van der Waals surface area contributed by atoms with Crippen LogP contribution in [0, 0.1) is 0 Å². The maximum atomic E-state index is 12.0. The fraction of sp³-hybridized carbons (Fsp3) is 0. The number of carbonyl (C=O) groups is 1. The van der Waals surface area contributed by atoms with Gasteiger partial charge in [0.2, 0.25) is 0 Å². The number of nitrogen functional groups attached to an aromatic ring is 1. The van der Waals surface area contributed by atoms with Crippen molar-refractivity contribution in [1.29, 1.82) is 0 Å². The third-order valence-corrected chi connectivity index (χ3v) is 3.01. The van der Waals surface area contributed by atoms with Crippen LogP contribution >= 0.6 is 27.5 Å². The first-order valence-corrected chi connectivity index (χ1v) is 6.32. The van der Waals surface area contributed by atoms with Gasteiger partial charge in [0, 0.05) is 4.47 Å². The second kappa shape index (κ2) is 5.96. The Balaban J connectivity index is 2.22. The van der Waals surface area contributed by atoms with Gasteiger partial charge in [0.25, 0.3) is 5.91 Å². The predicted octanol–water partition coefficient (Wildman–Crippen LogP) is 2.43. The van der Waals surface area contributed by atoms with Crippen molar-refractivity contribution in [1.82, 2.24) is 9.97 Å². The van der Waals surface area contributed by atoms with Gasteiger partial charge < -0.3 is 10.7 Å². The summed E-state index contributed by atoms with van der Waals surface area (Å²) in [5.41, 5.74) is 2.93. The standard InChI is InChI=1S/C11H9BrClN5O/c12-6-1-2-7(13)8(3-6)17-11(19)9-4-15-5-10(16-9)18-14/h1-5H,14H2,(H,16,18)(H,17,19). The molecule has 4 N–H and O–H groups in total. The summed E-state index contributed by atoms with van der Waals surface area (Å²) in [6.07, 6.45) is 2.74. The molecule has 0 unspecified atom stereocenters. The third kappa shape index (κ3) is 3.40. The molecule has 19 heavy (non-hydrogen) atoms. The first-order chi connectivity index (χ1) is 9.10. The number of aromatic nitrogens is 2. The summed E-state index contributed by atoms with van der Waals surface area (Å²) >= 11 is 9.28. The minimum absolute atomic E-state index is 0.131. The number of nitrogens with zero attached hydrogens (tertiary/aromatic N) is 2. The van der Waals surface area contributed by atoms with Gasteiger partial charge in [-0.15, -0.1) is 0 Å². The Morgan fingerprint density at radius 1 is 1.37 bits per heavy atom. The van der Waals surface area contributed by atoms with E-state index >= 15 is 0 Å². The molecule has 0 radical (unpaired) electrons. The van der Waals surface area contributed by atoms with Crippen LogP contribution in [0.5, 0.6) is 0 Å². The van der Waals surface area contributed by atoms with Gasteiger partial charge >= 0.3 is 0 Å². The molecule has 8 heteroatoms. The van der Waals surface area contributed by atoms with Crippen LogP contribution < -0.4 is 16.6 Å². The van der Waals surface area contributed by atoms with Gasteiger partial charge in [0.1, 0.15) is 5.69 Å². The molecule has 2 rings (SSSR count). The lowest BCUT2D eigenvalue weighted by atomic mass is 10.3. The molecule has 98 valence electrons. The van der Waals surface area contributed by atoms with E-state index in [1.807, 2.05) is 0 Å². The molecule has 1 amide bonds. The number of nitrogens with one attached hydrogen (secondary N) is 2. The SMILES string of the molecule is NNc1cncc(C(=O)Nc2cc(Br)ccc2Cl)n1. The van der Waals surface area contributed by atoms with Crippen LogP contribution in [0.4, 0.5) is 11.5 Å². The normalized spacial score (nSPS) is 10.1. The number of benzene rings is 1. The highest BCUT2D eigenvalue weighted by Gasteiger charge is 2.11. The highest BCUT2D eigenvalue weighted by atomic mass is 79.9. The van der Waals surface area contributed by atoms with Gasteiger partial charge in [-0.1, -0.05) is 27.5 Å². The highest BCUT2D eigenvalue weighted by Crippen LogP contribution is 2.26. The number of halogens is 2. The molecule has 1 aromatic carbocycles. The number of amides is 1. The summed E-state index contributed by atoms with van der Waals surface area (Å²) in [6, 6.07) is 5.14. The molecular weight excluding hydrogens is 334 g/mol. The van der Waals surface area contributed by atoms with E-state index in [1.54, 1.807) is 18.2 Å². The number of anilines is 2. The van der Waals surface area contributed by atoms with Gasteiger partial charge in [0.15, 0.2) is 5.82 Å². The molecule has 0 aliphatic rings. The fourth-order valence-corrected chi connectivity index (χ4v) is 1.85. The van der Waals surface area contributed by atoms with Crippen LogP contribution in [0.3, 0.4) is 0 Å². The van der Waals surface area contributed by atoms with Gasteiger partial charge in [-0.05, 0) is 18.2 Å².